The summed E-state index contributed by atoms with van der Waals surface area (Å²) in [4.78, 5) is 17.4. The monoisotopic (exact) mass is 394 g/mol. The van der Waals surface area contributed by atoms with Crippen LogP contribution < -0.4 is 4.74 Å². The third kappa shape index (κ3) is 4.13. The van der Waals surface area contributed by atoms with Gasteiger partial charge in [-0.05, 0) is 24.6 Å². The maximum Gasteiger partial charge on any atom is 0.223 e. The molecule has 0 aliphatic heterocycles. The van der Waals surface area contributed by atoms with Crippen molar-refractivity contribution in [2.24, 2.45) is 0 Å². The zero-order valence-electron chi connectivity index (χ0n) is 16.7. The molecule has 0 aliphatic rings. The summed E-state index contributed by atoms with van der Waals surface area (Å²) >= 11 is 0. The molecule has 7 nitrogen and oxygen atoms in total. The van der Waals surface area contributed by atoms with Gasteiger partial charge in [0.05, 0.1) is 14.2 Å². The second-order valence-corrected chi connectivity index (χ2v) is 6.29. The van der Waals surface area contributed by atoms with Crippen LogP contribution in [0, 0.1) is 6.92 Å². The Morgan fingerprint density at radius 2 is 1.86 bits per heavy atom. The first-order valence-corrected chi connectivity index (χ1v) is 9.09. The Hall–Kier alpha value is -3.61. The van der Waals surface area contributed by atoms with Crippen molar-refractivity contribution in [3.05, 3.63) is 65.1 Å². The number of phenols is 1. The summed E-state index contributed by atoms with van der Waals surface area (Å²) in [7, 11) is 3.04. The number of ketones is 1. The molecule has 0 atom stereocenters. The number of allylic oxidation sites excluding steroid dienone is 1. The van der Waals surface area contributed by atoms with Crippen molar-refractivity contribution in [2.45, 2.75) is 20.3 Å². The molecule has 0 bridgehead atoms. The zero-order chi connectivity index (χ0) is 21.0. The second kappa shape index (κ2) is 8.60. The molecule has 1 aromatic heterocycles. The number of benzene rings is 2. The van der Waals surface area contributed by atoms with E-state index in [4.69, 9.17) is 14.0 Å². The number of rotatable bonds is 7. The highest BCUT2D eigenvalue weighted by atomic mass is 16.5. The van der Waals surface area contributed by atoms with E-state index in [1.54, 1.807) is 26.2 Å². The van der Waals surface area contributed by atoms with Crippen molar-refractivity contribution in [3.63, 3.8) is 0 Å². The van der Waals surface area contributed by atoms with E-state index in [9.17, 15) is 9.90 Å². The molecule has 0 radical (unpaired) electrons. The van der Waals surface area contributed by atoms with Gasteiger partial charge in [-0.15, -0.1) is 0 Å². The normalized spacial score (nSPS) is 11.4. The van der Waals surface area contributed by atoms with E-state index >= 15 is 0 Å². The maximum absolute atomic E-state index is 13.2. The number of ether oxygens (including phenoxy) is 2. The lowest BCUT2D eigenvalue weighted by Crippen LogP contribution is -2.05. The summed E-state index contributed by atoms with van der Waals surface area (Å²) in [5.41, 5.74) is 1.98. The van der Waals surface area contributed by atoms with Crippen LogP contribution in [-0.4, -0.2) is 35.3 Å². The Labute approximate surface area is 168 Å². The molecule has 150 valence electrons. The second-order valence-electron chi connectivity index (χ2n) is 6.29. The van der Waals surface area contributed by atoms with E-state index in [1.165, 1.54) is 19.2 Å². The molecular weight excluding hydrogens is 372 g/mol. The van der Waals surface area contributed by atoms with Crippen LogP contribution in [0.15, 0.2) is 47.0 Å². The summed E-state index contributed by atoms with van der Waals surface area (Å²) in [6.07, 6.45) is 2.80. The first kappa shape index (κ1) is 20.1. The van der Waals surface area contributed by atoms with Crippen molar-refractivity contribution in [1.82, 2.24) is 10.1 Å². The first-order valence-electron chi connectivity index (χ1n) is 9.09. The fraction of sp³-hybridized carbons (Fsp3) is 0.227. The lowest BCUT2D eigenvalue weighted by molar-refractivity contribution is 0.103. The number of aromatic nitrogens is 2. The van der Waals surface area contributed by atoms with Crippen LogP contribution in [0.5, 0.6) is 11.5 Å². The van der Waals surface area contributed by atoms with E-state index in [-0.39, 0.29) is 28.7 Å². The van der Waals surface area contributed by atoms with Gasteiger partial charge < -0.3 is 19.1 Å². The van der Waals surface area contributed by atoms with Gasteiger partial charge in [-0.2, -0.15) is 4.98 Å². The number of methoxy groups -OCH3 is 2. The average Bonchev–Trinajstić information content (AvgIpc) is 3.17. The van der Waals surface area contributed by atoms with Gasteiger partial charge in [-0.3, -0.25) is 4.79 Å². The van der Waals surface area contributed by atoms with Crippen molar-refractivity contribution < 1.29 is 23.9 Å². The van der Waals surface area contributed by atoms with Gasteiger partial charge in [-0.1, -0.05) is 36.3 Å². The summed E-state index contributed by atoms with van der Waals surface area (Å²) in [6.45, 7) is 3.68. The van der Waals surface area contributed by atoms with E-state index in [0.717, 1.165) is 17.7 Å². The number of carbonyl (C=O) groups excluding carboxylic acids is 1. The van der Waals surface area contributed by atoms with Gasteiger partial charge in [0.15, 0.2) is 17.3 Å². The van der Waals surface area contributed by atoms with Gasteiger partial charge in [0, 0.05) is 29.2 Å². The third-order valence-corrected chi connectivity index (χ3v) is 4.37. The van der Waals surface area contributed by atoms with E-state index in [1.807, 2.05) is 25.1 Å². The quantitative estimate of drug-likeness (QED) is 0.469. The van der Waals surface area contributed by atoms with Crippen LogP contribution in [0.25, 0.3) is 17.1 Å². The number of phenolic OH excluding ortho intramolecular Hbond substituents is 1. The molecule has 1 heterocycles. The van der Waals surface area contributed by atoms with E-state index in [2.05, 4.69) is 10.1 Å². The molecule has 1 N–H and O–H groups in total. The molecule has 0 aliphatic carbocycles. The highest BCUT2D eigenvalue weighted by molar-refractivity contribution is 6.13. The largest absolute Gasteiger partial charge is 0.504 e. The van der Waals surface area contributed by atoms with Crippen molar-refractivity contribution in [1.29, 1.82) is 0 Å². The number of carbonyl (C=O) groups is 1. The highest BCUT2D eigenvalue weighted by Crippen LogP contribution is 2.35. The van der Waals surface area contributed by atoms with Crippen LogP contribution in [0.1, 0.15) is 40.7 Å². The molecule has 0 saturated heterocycles. The van der Waals surface area contributed by atoms with Crippen LogP contribution in [0.2, 0.25) is 0 Å². The Bertz CT molecular complexity index is 1050. The Balaban J connectivity index is 2.05. The molecule has 7 heteroatoms. The summed E-state index contributed by atoms with van der Waals surface area (Å²) < 4.78 is 15.6. The molecule has 3 aromatic rings. The molecule has 0 unspecified atom stereocenters. The molecule has 29 heavy (non-hydrogen) atoms. The number of aromatic hydroxyl groups is 1. The van der Waals surface area contributed by atoms with Gasteiger partial charge in [0.2, 0.25) is 11.7 Å². The fourth-order valence-corrected chi connectivity index (χ4v) is 2.96. The average molecular weight is 394 g/mol. The Kier molecular flexibility index (Phi) is 5.97. The van der Waals surface area contributed by atoms with E-state index < -0.39 is 0 Å². The van der Waals surface area contributed by atoms with Crippen LogP contribution in [0.3, 0.4) is 0 Å². The molecule has 0 fully saturated rings. The topological polar surface area (TPSA) is 94.7 Å². The van der Waals surface area contributed by atoms with Gasteiger partial charge in [0.1, 0.15) is 5.76 Å². The first-order chi connectivity index (χ1) is 14.0. The minimum Gasteiger partial charge on any atom is -0.504 e. The number of hydrogen-bond donors (Lipinski definition) is 1. The van der Waals surface area contributed by atoms with Crippen LogP contribution in [-0.2, 0) is 4.74 Å². The standard InChI is InChI=1S/C22H22N2O5/c1-5-6-19(27-3)14-7-9-15(10-8-14)21(26)16-11-18(25)20(28-4)12-17(16)22-23-13(2)29-24-22/h6-12,25H,5H2,1-4H3/b19-6+. The predicted octanol–water partition coefficient (Wildman–Crippen LogP) is 4.39. The SMILES string of the molecule is CC/C=C(/OC)c1ccc(C(=O)c2cc(O)c(OC)cc2-c2noc(C)n2)cc1. The predicted molar refractivity (Wildman–Crippen MR) is 108 cm³/mol. The highest BCUT2D eigenvalue weighted by Gasteiger charge is 2.21. The lowest BCUT2D eigenvalue weighted by Gasteiger charge is -2.11. The van der Waals surface area contributed by atoms with Gasteiger partial charge in [0.25, 0.3) is 0 Å². The molecule has 0 spiro atoms. The smallest absolute Gasteiger partial charge is 0.223 e. The fourth-order valence-electron chi connectivity index (χ4n) is 2.96. The number of nitrogens with zero attached hydrogens (tertiary/aromatic N) is 2. The minimum atomic E-state index is -0.287. The molecule has 0 saturated carbocycles. The summed E-state index contributed by atoms with van der Waals surface area (Å²) in [6, 6.07) is 9.95. The van der Waals surface area contributed by atoms with Crippen molar-refractivity contribution in [2.75, 3.05) is 14.2 Å². The van der Waals surface area contributed by atoms with Crippen molar-refractivity contribution >= 4 is 11.5 Å². The summed E-state index contributed by atoms with van der Waals surface area (Å²) in [5.74, 6) is 1.13. The molecule has 2 aromatic carbocycles. The van der Waals surface area contributed by atoms with Gasteiger partial charge in [-0.25, -0.2) is 0 Å². The molecule has 3 rings (SSSR count). The van der Waals surface area contributed by atoms with Crippen molar-refractivity contribution in [3.8, 4) is 22.9 Å². The lowest BCUT2D eigenvalue weighted by atomic mass is 9.96. The maximum atomic E-state index is 13.2. The Morgan fingerprint density at radius 1 is 1.17 bits per heavy atom. The molecular formula is C22H22N2O5. The van der Waals surface area contributed by atoms with E-state index in [0.29, 0.717) is 17.0 Å². The number of aryl methyl sites for hydroxylation is 1. The number of hydrogen-bond acceptors (Lipinski definition) is 7. The van der Waals surface area contributed by atoms with Crippen LogP contribution >= 0.6 is 0 Å². The summed E-state index contributed by atoms with van der Waals surface area (Å²) in [5, 5.41) is 14.1. The zero-order valence-corrected chi connectivity index (χ0v) is 16.7. The van der Waals surface area contributed by atoms with Gasteiger partial charge >= 0.3 is 0 Å². The van der Waals surface area contributed by atoms with Crippen LogP contribution in [0.4, 0.5) is 0 Å². The molecule has 0 amide bonds. The Morgan fingerprint density at radius 3 is 2.41 bits per heavy atom. The third-order valence-electron chi connectivity index (χ3n) is 4.37. The minimum absolute atomic E-state index is 0.149.